The number of rotatable bonds is 3. The van der Waals surface area contributed by atoms with Crippen molar-refractivity contribution in [2.45, 2.75) is 25.4 Å². The molecule has 0 spiro atoms. The van der Waals surface area contributed by atoms with Crippen LogP contribution in [0.5, 0.6) is 0 Å². The summed E-state index contributed by atoms with van der Waals surface area (Å²) in [4.78, 5) is 8.45. The van der Waals surface area contributed by atoms with Crippen molar-refractivity contribution in [1.82, 2.24) is 19.7 Å². The van der Waals surface area contributed by atoms with Crippen LogP contribution in [-0.2, 0) is 6.54 Å². The van der Waals surface area contributed by atoms with Crippen molar-refractivity contribution in [3.8, 4) is 0 Å². The standard InChI is InChI=1S/C12H14N4/c1-2-5-10(4-1)14-8-11-9-15-12-13-6-3-7-16(11)12/h1-3,6-7,9-10,14H,4-5,8H2. The van der Waals surface area contributed by atoms with E-state index >= 15 is 0 Å². The lowest BCUT2D eigenvalue weighted by molar-refractivity contribution is 0.531. The van der Waals surface area contributed by atoms with Crippen LogP contribution in [0.2, 0.25) is 0 Å². The van der Waals surface area contributed by atoms with E-state index in [4.69, 9.17) is 0 Å². The van der Waals surface area contributed by atoms with Crippen LogP contribution >= 0.6 is 0 Å². The van der Waals surface area contributed by atoms with E-state index in [-0.39, 0.29) is 0 Å². The van der Waals surface area contributed by atoms with Gasteiger partial charge in [0.15, 0.2) is 0 Å². The average Bonchev–Trinajstić information content (AvgIpc) is 2.96. The van der Waals surface area contributed by atoms with Gasteiger partial charge in [0.1, 0.15) is 0 Å². The number of hydrogen-bond acceptors (Lipinski definition) is 3. The highest BCUT2D eigenvalue weighted by molar-refractivity contribution is 5.30. The Bertz CT molecular complexity index is 506. The average molecular weight is 214 g/mol. The quantitative estimate of drug-likeness (QED) is 0.788. The van der Waals surface area contributed by atoms with Gasteiger partial charge in [-0.05, 0) is 18.9 Å². The predicted octanol–water partition coefficient (Wildman–Crippen LogP) is 1.54. The lowest BCUT2D eigenvalue weighted by Crippen LogP contribution is -2.26. The van der Waals surface area contributed by atoms with Gasteiger partial charge in [0.2, 0.25) is 5.78 Å². The van der Waals surface area contributed by atoms with E-state index in [1.165, 1.54) is 0 Å². The van der Waals surface area contributed by atoms with Gasteiger partial charge in [0.05, 0.1) is 11.9 Å². The minimum Gasteiger partial charge on any atom is -0.308 e. The molecule has 4 heteroatoms. The highest BCUT2D eigenvalue weighted by Gasteiger charge is 2.10. The summed E-state index contributed by atoms with van der Waals surface area (Å²) in [5.41, 5.74) is 1.16. The first-order valence-electron chi connectivity index (χ1n) is 5.59. The molecule has 1 aliphatic carbocycles. The maximum absolute atomic E-state index is 4.26. The van der Waals surface area contributed by atoms with Crippen molar-refractivity contribution in [2.75, 3.05) is 0 Å². The number of nitrogens with one attached hydrogen (secondary N) is 1. The van der Waals surface area contributed by atoms with Crippen LogP contribution in [0.3, 0.4) is 0 Å². The van der Waals surface area contributed by atoms with E-state index in [0.29, 0.717) is 6.04 Å². The zero-order chi connectivity index (χ0) is 10.8. The van der Waals surface area contributed by atoms with Gasteiger partial charge in [0, 0.05) is 25.0 Å². The van der Waals surface area contributed by atoms with Crippen molar-refractivity contribution >= 4 is 5.78 Å². The molecule has 2 aromatic heterocycles. The first-order chi connectivity index (χ1) is 7.93. The van der Waals surface area contributed by atoms with Gasteiger partial charge in [-0.3, -0.25) is 4.40 Å². The topological polar surface area (TPSA) is 42.2 Å². The molecule has 16 heavy (non-hydrogen) atoms. The molecule has 0 aliphatic heterocycles. The molecule has 0 radical (unpaired) electrons. The fraction of sp³-hybridized carbons (Fsp3) is 0.333. The largest absolute Gasteiger partial charge is 0.308 e. The van der Waals surface area contributed by atoms with Crippen molar-refractivity contribution in [1.29, 1.82) is 0 Å². The van der Waals surface area contributed by atoms with Crippen molar-refractivity contribution in [2.24, 2.45) is 0 Å². The summed E-state index contributed by atoms with van der Waals surface area (Å²) in [5.74, 6) is 0.767. The first-order valence-corrected chi connectivity index (χ1v) is 5.59. The summed E-state index contributed by atoms with van der Waals surface area (Å²) in [6.07, 6.45) is 12.4. The second-order valence-electron chi connectivity index (χ2n) is 4.06. The van der Waals surface area contributed by atoms with Gasteiger partial charge in [-0.1, -0.05) is 12.2 Å². The maximum atomic E-state index is 4.26. The Morgan fingerprint density at radius 3 is 3.06 bits per heavy atom. The molecule has 0 bridgehead atoms. The second-order valence-corrected chi connectivity index (χ2v) is 4.06. The second kappa shape index (κ2) is 4.06. The Kier molecular flexibility index (Phi) is 2.42. The molecular formula is C12H14N4. The summed E-state index contributed by atoms with van der Waals surface area (Å²) in [6.45, 7) is 0.846. The molecule has 0 atom stereocenters. The van der Waals surface area contributed by atoms with E-state index in [0.717, 1.165) is 30.9 Å². The number of imidazole rings is 1. The van der Waals surface area contributed by atoms with Crippen molar-refractivity contribution < 1.29 is 0 Å². The Morgan fingerprint density at radius 1 is 1.31 bits per heavy atom. The fourth-order valence-corrected chi connectivity index (χ4v) is 2.04. The lowest BCUT2D eigenvalue weighted by atomic mass is 10.2. The van der Waals surface area contributed by atoms with Gasteiger partial charge < -0.3 is 5.32 Å². The molecule has 0 saturated carbocycles. The fourth-order valence-electron chi connectivity index (χ4n) is 2.04. The minimum atomic E-state index is 0.585. The third-order valence-corrected chi connectivity index (χ3v) is 2.94. The van der Waals surface area contributed by atoms with Crippen LogP contribution in [0.25, 0.3) is 5.78 Å². The SMILES string of the molecule is C1=CCC(NCc2cnc3ncccn23)C1. The molecule has 3 rings (SSSR count). The first kappa shape index (κ1) is 9.54. The van der Waals surface area contributed by atoms with Crippen molar-refractivity contribution in [3.63, 3.8) is 0 Å². The Balaban J connectivity index is 1.74. The van der Waals surface area contributed by atoms with E-state index < -0.39 is 0 Å². The Labute approximate surface area is 94.0 Å². The van der Waals surface area contributed by atoms with Crippen LogP contribution < -0.4 is 5.32 Å². The smallest absolute Gasteiger partial charge is 0.233 e. The normalized spacial score (nSPS) is 16.2. The van der Waals surface area contributed by atoms with Gasteiger partial charge in [-0.25, -0.2) is 9.97 Å². The molecule has 0 unspecified atom stereocenters. The van der Waals surface area contributed by atoms with E-state index in [1.54, 1.807) is 6.20 Å². The van der Waals surface area contributed by atoms with Crippen LogP contribution in [0.1, 0.15) is 18.5 Å². The number of nitrogens with zero attached hydrogens (tertiary/aromatic N) is 3. The summed E-state index contributed by atoms with van der Waals surface area (Å²) < 4.78 is 2.02. The molecule has 0 fully saturated rings. The van der Waals surface area contributed by atoms with E-state index in [1.807, 2.05) is 22.9 Å². The minimum absolute atomic E-state index is 0.585. The Morgan fingerprint density at radius 2 is 2.19 bits per heavy atom. The molecule has 0 aromatic carbocycles. The monoisotopic (exact) mass is 214 g/mol. The van der Waals surface area contributed by atoms with Crippen LogP contribution in [0, 0.1) is 0 Å². The molecular weight excluding hydrogens is 200 g/mol. The lowest BCUT2D eigenvalue weighted by Gasteiger charge is -2.11. The molecule has 4 nitrogen and oxygen atoms in total. The number of hydrogen-bond donors (Lipinski definition) is 1. The molecule has 0 amide bonds. The third kappa shape index (κ3) is 1.72. The molecule has 1 aliphatic rings. The summed E-state index contributed by atoms with van der Waals surface area (Å²) in [5, 5.41) is 3.53. The number of aromatic nitrogens is 3. The third-order valence-electron chi connectivity index (χ3n) is 2.94. The molecule has 2 aromatic rings. The summed E-state index contributed by atoms with van der Waals surface area (Å²) in [6, 6.07) is 2.51. The summed E-state index contributed by atoms with van der Waals surface area (Å²) >= 11 is 0. The van der Waals surface area contributed by atoms with Crippen LogP contribution in [0.4, 0.5) is 0 Å². The van der Waals surface area contributed by atoms with E-state index in [2.05, 4.69) is 27.4 Å². The predicted molar refractivity (Wildman–Crippen MR) is 62.0 cm³/mol. The maximum Gasteiger partial charge on any atom is 0.233 e. The number of fused-ring (bicyclic) bond motifs is 1. The zero-order valence-electron chi connectivity index (χ0n) is 9.00. The highest BCUT2D eigenvalue weighted by atomic mass is 15.1. The summed E-state index contributed by atoms with van der Waals surface area (Å²) in [7, 11) is 0. The van der Waals surface area contributed by atoms with Gasteiger partial charge in [-0.2, -0.15) is 0 Å². The van der Waals surface area contributed by atoms with Gasteiger partial charge in [-0.15, -0.1) is 0 Å². The molecule has 1 N–H and O–H groups in total. The molecule has 0 saturated heterocycles. The van der Waals surface area contributed by atoms with Crippen molar-refractivity contribution in [3.05, 3.63) is 42.5 Å². The van der Waals surface area contributed by atoms with Crippen LogP contribution in [0.15, 0.2) is 36.8 Å². The highest BCUT2D eigenvalue weighted by Crippen LogP contribution is 2.10. The van der Waals surface area contributed by atoms with Crippen LogP contribution in [-0.4, -0.2) is 20.4 Å². The van der Waals surface area contributed by atoms with Gasteiger partial charge in [0.25, 0.3) is 0 Å². The van der Waals surface area contributed by atoms with Gasteiger partial charge >= 0.3 is 0 Å². The zero-order valence-corrected chi connectivity index (χ0v) is 9.00. The molecule has 82 valence electrons. The van der Waals surface area contributed by atoms with E-state index in [9.17, 15) is 0 Å². The Hall–Kier alpha value is -1.68. The molecule has 2 heterocycles.